The monoisotopic (exact) mass is 497 g/mol. The summed E-state index contributed by atoms with van der Waals surface area (Å²) in [6.45, 7) is 9.38. The second kappa shape index (κ2) is 12.4. The molecule has 0 bridgehead atoms. The lowest BCUT2D eigenvalue weighted by Crippen LogP contribution is -2.42. The molecule has 1 aromatic rings. The Bertz CT molecular complexity index is 629. The van der Waals surface area contributed by atoms with Gasteiger partial charge in [-0.2, -0.15) is 0 Å². The third kappa shape index (κ3) is 9.61. The van der Waals surface area contributed by atoms with Crippen molar-refractivity contribution in [3.63, 3.8) is 0 Å². The SMILES string of the molecule is CCNC(=NCCCOc1ccccc1)NCCS(=O)(=O)C(C)(C)C.I. The largest absolute Gasteiger partial charge is 0.494 e. The number of hydrogen-bond acceptors (Lipinski definition) is 4. The average Bonchev–Trinajstić information content (AvgIpc) is 2.54. The lowest BCUT2D eigenvalue weighted by molar-refractivity contribution is 0.313. The van der Waals surface area contributed by atoms with Crippen molar-refractivity contribution in [1.29, 1.82) is 0 Å². The second-order valence-corrected chi connectivity index (χ2v) is 9.50. The van der Waals surface area contributed by atoms with Crippen LogP contribution in [0.5, 0.6) is 5.75 Å². The molecule has 0 aliphatic heterocycles. The van der Waals surface area contributed by atoms with Crippen molar-refractivity contribution >= 4 is 39.8 Å². The molecule has 1 aromatic carbocycles. The van der Waals surface area contributed by atoms with Crippen LogP contribution < -0.4 is 15.4 Å². The number of aliphatic imine (C=N–C) groups is 1. The summed E-state index contributed by atoms with van der Waals surface area (Å²) in [4.78, 5) is 4.45. The lowest BCUT2D eigenvalue weighted by Gasteiger charge is -2.19. The van der Waals surface area contributed by atoms with Gasteiger partial charge in [0.05, 0.1) is 17.1 Å². The van der Waals surface area contributed by atoms with E-state index in [2.05, 4.69) is 15.6 Å². The number of hydrogen-bond donors (Lipinski definition) is 2. The molecule has 0 aliphatic carbocycles. The Kier molecular flexibility index (Phi) is 11.9. The molecule has 1 rings (SSSR count). The first-order chi connectivity index (χ1) is 11.8. The van der Waals surface area contributed by atoms with Crippen LogP contribution in [0.25, 0.3) is 0 Å². The van der Waals surface area contributed by atoms with Gasteiger partial charge in [-0.15, -0.1) is 24.0 Å². The van der Waals surface area contributed by atoms with Crippen LogP contribution in [0, 0.1) is 0 Å². The maximum absolute atomic E-state index is 12.1. The van der Waals surface area contributed by atoms with Gasteiger partial charge in [0.2, 0.25) is 0 Å². The van der Waals surface area contributed by atoms with Crippen LogP contribution in [0.1, 0.15) is 34.1 Å². The molecule has 0 aromatic heterocycles. The van der Waals surface area contributed by atoms with Gasteiger partial charge in [0.1, 0.15) is 5.75 Å². The normalized spacial score (nSPS) is 12.2. The van der Waals surface area contributed by atoms with Gasteiger partial charge in [0.15, 0.2) is 15.8 Å². The maximum Gasteiger partial charge on any atom is 0.191 e. The van der Waals surface area contributed by atoms with Crippen molar-refractivity contribution in [3.05, 3.63) is 30.3 Å². The molecule has 0 spiro atoms. The molecular formula is C18H32IN3O3S. The third-order valence-electron chi connectivity index (χ3n) is 3.52. The highest BCUT2D eigenvalue weighted by molar-refractivity contribution is 14.0. The molecule has 26 heavy (non-hydrogen) atoms. The standard InChI is InChI=1S/C18H31N3O3S.HI/c1-5-19-17(21-13-15-25(22,23)18(2,3)4)20-12-9-14-24-16-10-7-6-8-11-16;/h6-8,10-11H,5,9,12-15H2,1-4H3,(H2,19,20,21);1H. The molecule has 0 aliphatic rings. The molecule has 0 radical (unpaired) electrons. The number of nitrogens with zero attached hydrogens (tertiary/aromatic N) is 1. The van der Waals surface area contributed by atoms with Gasteiger partial charge in [-0.05, 0) is 39.8 Å². The number of sulfone groups is 1. The zero-order valence-electron chi connectivity index (χ0n) is 16.1. The van der Waals surface area contributed by atoms with E-state index in [4.69, 9.17) is 4.74 Å². The van der Waals surface area contributed by atoms with E-state index in [0.29, 0.717) is 25.7 Å². The molecule has 0 unspecified atom stereocenters. The Balaban J connectivity index is 0.00000625. The van der Waals surface area contributed by atoms with Gasteiger partial charge in [0.25, 0.3) is 0 Å². The zero-order valence-corrected chi connectivity index (χ0v) is 19.3. The Hall–Kier alpha value is -1.03. The predicted molar refractivity (Wildman–Crippen MR) is 119 cm³/mol. The summed E-state index contributed by atoms with van der Waals surface area (Å²) in [7, 11) is -3.13. The second-order valence-electron chi connectivity index (χ2n) is 6.63. The van der Waals surface area contributed by atoms with Crippen molar-refractivity contribution < 1.29 is 13.2 Å². The first-order valence-electron chi connectivity index (χ1n) is 8.68. The number of halogens is 1. The van der Waals surface area contributed by atoms with Gasteiger partial charge in [-0.3, -0.25) is 4.99 Å². The van der Waals surface area contributed by atoms with E-state index in [-0.39, 0.29) is 29.7 Å². The summed E-state index contributed by atoms with van der Waals surface area (Å²) in [6, 6.07) is 9.67. The Morgan fingerprint density at radius 2 is 1.81 bits per heavy atom. The van der Waals surface area contributed by atoms with E-state index >= 15 is 0 Å². The van der Waals surface area contributed by atoms with Crippen molar-refractivity contribution in [2.24, 2.45) is 4.99 Å². The average molecular weight is 497 g/mol. The van der Waals surface area contributed by atoms with E-state index in [9.17, 15) is 8.42 Å². The summed E-state index contributed by atoms with van der Waals surface area (Å²) < 4.78 is 29.1. The lowest BCUT2D eigenvalue weighted by atomic mass is 10.3. The molecule has 6 nitrogen and oxygen atoms in total. The van der Waals surface area contributed by atoms with Gasteiger partial charge >= 0.3 is 0 Å². The minimum atomic E-state index is -3.13. The summed E-state index contributed by atoms with van der Waals surface area (Å²) in [5, 5.41) is 6.20. The predicted octanol–water partition coefficient (Wildman–Crippen LogP) is 2.84. The molecular weight excluding hydrogens is 465 g/mol. The van der Waals surface area contributed by atoms with E-state index in [1.54, 1.807) is 20.8 Å². The quantitative estimate of drug-likeness (QED) is 0.238. The molecule has 0 heterocycles. The summed E-state index contributed by atoms with van der Waals surface area (Å²) >= 11 is 0. The van der Waals surface area contributed by atoms with Crippen molar-refractivity contribution in [1.82, 2.24) is 10.6 Å². The van der Waals surface area contributed by atoms with Crippen LogP contribution in [-0.4, -0.2) is 51.1 Å². The summed E-state index contributed by atoms with van der Waals surface area (Å²) in [5.74, 6) is 1.56. The third-order valence-corrected chi connectivity index (χ3v) is 6.13. The fourth-order valence-corrected chi connectivity index (χ4v) is 2.90. The van der Waals surface area contributed by atoms with E-state index in [0.717, 1.165) is 18.7 Å². The van der Waals surface area contributed by atoms with Gasteiger partial charge < -0.3 is 15.4 Å². The Morgan fingerprint density at radius 3 is 2.38 bits per heavy atom. The van der Waals surface area contributed by atoms with E-state index in [1.165, 1.54) is 0 Å². The van der Waals surface area contributed by atoms with Crippen LogP contribution in [-0.2, 0) is 9.84 Å². The summed E-state index contributed by atoms with van der Waals surface area (Å²) in [5.41, 5.74) is 0. The highest BCUT2D eigenvalue weighted by atomic mass is 127. The minimum Gasteiger partial charge on any atom is -0.494 e. The number of guanidine groups is 1. The number of ether oxygens (including phenoxy) is 1. The number of rotatable bonds is 9. The van der Waals surface area contributed by atoms with E-state index < -0.39 is 14.6 Å². The first kappa shape index (κ1) is 25.0. The minimum absolute atomic E-state index is 0. The van der Waals surface area contributed by atoms with Crippen molar-refractivity contribution in [2.45, 2.75) is 38.9 Å². The molecule has 0 fully saturated rings. The number of nitrogens with one attached hydrogen (secondary N) is 2. The Morgan fingerprint density at radius 1 is 1.15 bits per heavy atom. The van der Waals surface area contributed by atoms with Crippen molar-refractivity contribution in [2.75, 3.05) is 32.0 Å². The fourth-order valence-electron chi connectivity index (χ4n) is 1.91. The molecule has 8 heteroatoms. The molecule has 150 valence electrons. The maximum atomic E-state index is 12.1. The molecule has 0 amide bonds. The van der Waals surface area contributed by atoms with Crippen LogP contribution >= 0.6 is 24.0 Å². The Labute approximate surface area is 175 Å². The van der Waals surface area contributed by atoms with Crippen LogP contribution in [0.15, 0.2) is 35.3 Å². The zero-order chi connectivity index (χ0) is 18.8. The highest BCUT2D eigenvalue weighted by Gasteiger charge is 2.28. The molecule has 0 atom stereocenters. The molecule has 0 saturated carbocycles. The van der Waals surface area contributed by atoms with Crippen LogP contribution in [0.3, 0.4) is 0 Å². The van der Waals surface area contributed by atoms with Gasteiger partial charge in [0, 0.05) is 26.1 Å². The smallest absolute Gasteiger partial charge is 0.191 e. The number of benzene rings is 1. The molecule has 2 N–H and O–H groups in total. The van der Waals surface area contributed by atoms with Gasteiger partial charge in [-0.1, -0.05) is 18.2 Å². The highest BCUT2D eigenvalue weighted by Crippen LogP contribution is 2.15. The van der Waals surface area contributed by atoms with Gasteiger partial charge in [-0.25, -0.2) is 8.42 Å². The van der Waals surface area contributed by atoms with Crippen molar-refractivity contribution in [3.8, 4) is 5.75 Å². The van der Waals surface area contributed by atoms with Crippen LogP contribution in [0.2, 0.25) is 0 Å². The topological polar surface area (TPSA) is 79.8 Å². The van der Waals surface area contributed by atoms with E-state index in [1.807, 2.05) is 37.3 Å². The number of para-hydroxylation sites is 1. The van der Waals surface area contributed by atoms with Crippen LogP contribution in [0.4, 0.5) is 0 Å². The fraction of sp³-hybridized carbons (Fsp3) is 0.611. The molecule has 0 saturated heterocycles. The summed E-state index contributed by atoms with van der Waals surface area (Å²) in [6.07, 6.45) is 0.783. The first-order valence-corrected chi connectivity index (χ1v) is 10.3.